The largest absolute Gasteiger partial charge is 0.497 e. The minimum Gasteiger partial charge on any atom is -0.497 e. The molecule has 0 N–H and O–H groups in total. The van der Waals surface area contributed by atoms with Gasteiger partial charge in [-0.25, -0.2) is 9.37 Å². The van der Waals surface area contributed by atoms with Crippen molar-refractivity contribution in [2.75, 3.05) is 20.8 Å². The van der Waals surface area contributed by atoms with E-state index in [4.69, 9.17) is 9.47 Å². The van der Waals surface area contributed by atoms with Crippen LogP contribution in [0, 0.1) is 5.82 Å². The maximum absolute atomic E-state index is 14.9. The lowest BCUT2D eigenvalue weighted by molar-refractivity contribution is -0.139. The highest BCUT2D eigenvalue weighted by Crippen LogP contribution is 2.34. The van der Waals surface area contributed by atoms with Gasteiger partial charge in [-0.2, -0.15) is 0 Å². The van der Waals surface area contributed by atoms with Crippen LogP contribution in [0.1, 0.15) is 54.6 Å². The first-order valence-electron chi connectivity index (χ1n) is 12.4. The number of fused-ring (bicyclic) bond motifs is 1. The fourth-order valence-corrected chi connectivity index (χ4v) is 4.83. The summed E-state index contributed by atoms with van der Waals surface area (Å²) >= 11 is 0. The number of Topliss-reactive ketones (excluding diaryl/α,β-unsaturated/α-hetero) is 1. The molecule has 0 saturated heterocycles. The average molecular weight is 505 g/mol. The van der Waals surface area contributed by atoms with Crippen LogP contribution in [-0.4, -0.2) is 42.3 Å². The number of nitrogens with zero attached hydrogens (tertiary/aromatic N) is 2. The summed E-state index contributed by atoms with van der Waals surface area (Å²) in [7, 11) is 3.13. The molecule has 0 spiro atoms. The van der Waals surface area contributed by atoms with Crippen LogP contribution in [0.15, 0.2) is 54.7 Å². The van der Waals surface area contributed by atoms with Gasteiger partial charge in [-0.15, -0.1) is 0 Å². The molecule has 0 saturated carbocycles. The monoisotopic (exact) mass is 504 g/mol. The summed E-state index contributed by atoms with van der Waals surface area (Å²) < 4.78 is 25.3. The Balaban J connectivity index is 1.63. The maximum atomic E-state index is 14.9. The first-order valence-corrected chi connectivity index (χ1v) is 12.4. The van der Waals surface area contributed by atoms with Crippen LogP contribution in [0.25, 0.3) is 0 Å². The van der Waals surface area contributed by atoms with Crippen LogP contribution in [0.4, 0.5) is 4.39 Å². The van der Waals surface area contributed by atoms with Gasteiger partial charge in [0.2, 0.25) is 11.8 Å². The van der Waals surface area contributed by atoms with Crippen LogP contribution in [0.3, 0.4) is 0 Å². The van der Waals surface area contributed by atoms with Crippen molar-refractivity contribution >= 4 is 11.7 Å². The zero-order valence-electron chi connectivity index (χ0n) is 22.0. The van der Waals surface area contributed by atoms with Crippen molar-refractivity contribution in [3.63, 3.8) is 0 Å². The van der Waals surface area contributed by atoms with E-state index in [2.05, 4.69) is 4.98 Å². The topological polar surface area (TPSA) is 68.7 Å². The minimum atomic E-state index is -0.765. The van der Waals surface area contributed by atoms with Gasteiger partial charge in [-0.1, -0.05) is 45.0 Å². The van der Waals surface area contributed by atoms with Crippen LogP contribution >= 0.6 is 0 Å². The number of rotatable bonds is 7. The lowest BCUT2D eigenvalue weighted by Crippen LogP contribution is -2.44. The summed E-state index contributed by atoms with van der Waals surface area (Å²) in [5, 5.41) is 0. The highest BCUT2D eigenvalue weighted by atomic mass is 19.1. The number of halogens is 1. The Labute approximate surface area is 217 Å². The predicted molar refractivity (Wildman–Crippen MR) is 139 cm³/mol. The number of aromatic nitrogens is 1. The lowest BCUT2D eigenvalue weighted by Gasteiger charge is -2.37. The van der Waals surface area contributed by atoms with Gasteiger partial charge < -0.3 is 14.4 Å². The molecule has 0 bridgehead atoms. The van der Waals surface area contributed by atoms with Crippen molar-refractivity contribution in [1.82, 2.24) is 9.88 Å². The number of methoxy groups -OCH3 is 2. The number of carbonyl (C=O) groups is 2. The quantitative estimate of drug-likeness (QED) is 0.452. The number of benzene rings is 2. The molecule has 3 aromatic rings. The molecule has 7 heteroatoms. The number of ketones is 1. The lowest BCUT2D eigenvalue weighted by atomic mass is 9.84. The smallest absolute Gasteiger partial charge is 0.227 e. The number of amides is 1. The second-order valence-electron chi connectivity index (χ2n) is 10.4. The SMILES string of the molecule is COc1ccc2c(c1)CCN(C(=O)Cc1ccc(OC)nc1)[C@H]2C(=O)Cc1ccc(C(C)(C)C)c(F)c1. The van der Waals surface area contributed by atoms with Gasteiger partial charge >= 0.3 is 0 Å². The summed E-state index contributed by atoms with van der Waals surface area (Å²) in [6.45, 7) is 6.25. The summed E-state index contributed by atoms with van der Waals surface area (Å²) in [4.78, 5) is 33.0. The zero-order chi connectivity index (χ0) is 26.7. The molecule has 37 heavy (non-hydrogen) atoms. The molecule has 4 rings (SSSR count). The second-order valence-corrected chi connectivity index (χ2v) is 10.4. The Morgan fingerprint density at radius 3 is 2.38 bits per heavy atom. The Kier molecular flexibility index (Phi) is 7.62. The van der Waals surface area contributed by atoms with Gasteiger partial charge in [0.05, 0.1) is 20.6 Å². The van der Waals surface area contributed by atoms with Gasteiger partial charge in [-0.05, 0) is 57.9 Å². The van der Waals surface area contributed by atoms with E-state index in [1.165, 1.54) is 13.2 Å². The van der Waals surface area contributed by atoms with Crippen LogP contribution in [0.5, 0.6) is 11.6 Å². The number of pyridine rings is 1. The molecule has 1 aromatic heterocycles. The van der Waals surface area contributed by atoms with Gasteiger partial charge in [-0.3, -0.25) is 9.59 Å². The van der Waals surface area contributed by atoms with E-state index in [0.29, 0.717) is 35.7 Å². The molecule has 1 aliphatic heterocycles. The third-order valence-electron chi connectivity index (χ3n) is 6.79. The molecule has 6 nitrogen and oxygen atoms in total. The molecular weight excluding hydrogens is 471 g/mol. The number of carbonyl (C=O) groups excluding carboxylic acids is 2. The fourth-order valence-electron chi connectivity index (χ4n) is 4.83. The Morgan fingerprint density at radius 1 is 1.00 bits per heavy atom. The third kappa shape index (κ3) is 5.82. The number of hydrogen-bond donors (Lipinski definition) is 0. The van der Waals surface area contributed by atoms with Gasteiger partial charge in [0, 0.05) is 25.2 Å². The molecule has 0 unspecified atom stereocenters. The minimum absolute atomic E-state index is 0.0192. The van der Waals surface area contributed by atoms with E-state index in [-0.39, 0.29) is 35.8 Å². The summed E-state index contributed by atoms with van der Waals surface area (Å²) in [5.41, 5.74) is 3.34. The summed E-state index contributed by atoms with van der Waals surface area (Å²) in [6.07, 6.45) is 2.35. The van der Waals surface area contributed by atoms with Crippen molar-refractivity contribution in [2.45, 2.75) is 51.5 Å². The molecule has 2 aromatic carbocycles. The van der Waals surface area contributed by atoms with Crippen molar-refractivity contribution in [2.24, 2.45) is 0 Å². The van der Waals surface area contributed by atoms with Crippen LogP contribution in [0.2, 0.25) is 0 Å². The standard InChI is InChI=1S/C30H33FN2O4/c1-30(2,3)24-10-6-19(14-25(24)31)15-26(34)29-23-9-8-22(36-4)17-21(23)12-13-33(29)28(35)16-20-7-11-27(37-5)32-18-20/h6-11,14,17-18,29H,12-13,15-16H2,1-5H3/t29-/m1/s1. The molecule has 2 heterocycles. The maximum Gasteiger partial charge on any atom is 0.227 e. The summed E-state index contributed by atoms with van der Waals surface area (Å²) in [5.74, 6) is 0.520. The molecule has 0 radical (unpaired) electrons. The molecule has 194 valence electrons. The first-order chi connectivity index (χ1) is 17.6. The average Bonchev–Trinajstić information content (AvgIpc) is 2.87. The highest BCUT2D eigenvalue weighted by molar-refractivity contribution is 5.92. The van der Waals surface area contributed by atoms with E-state index in [9.17, 15) is 14.0 Å². The Morgan fingerprint density at radius 2 is 1.76 bits per heavy atom. The normalized spacial score (nSPS) is 15.2. The van der Waals surface area contributed by atoms with Gasteiger partial charge in [0.15, 0.2) is 5.78 Å². The van der Waals surface area contributed by atoms with E-state index in [1.54, 1.807) is 48.5 Å². The molecule has 1 amide bonds. The number of ether oxygens (including phenoxy) is 2. The summed E-state index contributed by atoms with van der Waals surface area (Å²) in [6, 6.07) is 13.3. The molecule has 1 atom stereocenters. The van der Waals surface area contributed by atoms with E-state index in [1.807, 2.05) is 32.9 Å². The molecule has 0 aliphatic carbocycles. The predicted octanol–water partition coefficient (Wildman–Crippen LogP) is 5.02. The molecule has 0 fully saturated rings. The third-order valence-corrected chi connectivity index (χ3v) is 6.79. The van der Waals surface area contributed by atoms with Gasteiger partial charge in [0.25, 0.3) is 0 Å². The van der Waals surface area contributed by atoms with Crippen molar-refractivity contribution in [3.8, 4) is 11.6 Å². The first kappa shape index (κ1) is 26.3. The molecular formula is C30H33FN2O4. The number of hydrogen-bond acceptors (Lipinski definition) is 5. The van der Waals surface area contributed by atoms with Crippen LogP contribution < -0.4 is 9.47 Å². The van der Waals surface area contributed by atoms with E-state index >= 15 is 0 Å². The van der Waals surface area contributed by atoms with Crippen molar-refractivity contribution in [1.29, 1.82) is 0 Å². The Bertz CT molecular complexity index is 1300. The Hall–Kier alpha value is -3.74. The highest BCUT2D eigenvalue weighted by Gasteiger charge is 2.36. The zero-order valence-corrected chi connectivity index (χ0v) is 22.0. The van der Waals surface area contributed by atoms with E-state index < -0.39 is 6.04 Å². The van der Waals surface area contributed by atoms with Gasteiger partial charge in [0.1, 0.15) is 17.6 Å². The van der Waals surface area contributed by atoms with Crippen molar-refractivity contribution < 1.29 is 23.5 Å². The molecule has 1 aliphatic rings. The van der Waals surface area contributed by atoms with Crippen molar-refractivity contribution in [3.05, 3.63) is 88.4 Å². The fraction of sp³-hybridized carbons (Fsp3) is 0.367. The van der Waals surface area contributed by atoms with E-state index in [0.717, 1.165) is 16.7 Å². The second kappa shape index (κ2) is 10.7. The van der Waals surface area contributed by atoms with Crippen LogP contribution in [-0.2, 0) is 34.3 Å².